The maximum Gasteiger partial charge on any atom is 0.266 e. The van der Waals surface area contributed by atoms with Crippen LogP contribution in [0.3, 0.4) is 0 Å². The topological polar surface area (TPSA) is 71.3 Å². The fraction of sp³-hybridized carbons (Fsp3) is 0.273. The number of anilines is 1. The van der Waals surface area contributed by atoms with Gasteiger partial charge < -0.3 is 14.8 Å². The van der Waals surface area contributed by atoms with Gasteiger partial charge in [-0.3, -0.25) is 4.79 Å². The predicted octanol–water partition coefficient (Wildman–Crippen LogP) is 4.26. The highest BCUT2D eigenvalue weighted by Crippen LogP contribution is 2.36. The van der Waals surface area contributed by atoms with E-state index in [-0.39, 0.29) is 11.7 Å². The average molecular weight is 362 g/mol. The highest BCUT2D eigenvalue weighted by Gasteiger charge is 2.22. The van der Waals surface area contributed by atoms with E-state index >= 15 is 0 Å². The number of hydrogen-bond acceptors (Lipinski definition) is 4. The summed E-state index contributed by atoms with van der Waals surface area (Å²) < 4.78 is 11.5. The molecule has 1 aliphatic heterocycles. The van der Waals surface area contributed by atoms with E-state index in [1.807, 2.05) is 51.1 Å². The normalized spacial score (nSPS) is 15.5. The Balaban J connectivity index is 1.90. The molecule has 0 radical (unpaired) electrons. The average Bonchev–Trinajstić information content (AvgIpc) is 3.00. The Morgan fingerprint density at radius 2 is 2.11 bits per heavy atom. The predicted molar refractivity (Wildman–Crippen MR) is 105 cm³/mol. The van der Waals surface area contributed by atoms with Gasteiger partial charge in [-0.05, 0) is 51.1 Å². The summed E-state index contributed by atoms with van der Waals surface area (Å²) in [5.41, 5.74) is 3.47. The van der Waals surface area contributed by atoms with E-state index in [1.54, 1.807) is 18.2 Å². The van der Waals surface area contributed by atoms with Crippen molar-refractivity contribution in [3.05, 3.63) is 58.7 Å². The number of ether oxygens (including phenoxy) is 2. The van der Waals surface area contributed by atoms with Crippen molar-refractivity contribution in [2.45, 2.75) is 33.3 Å². The van der Waals surface area contributed by atoms with E-state index in [2.05, 4.69) is 5.32 Å². The number of aryl methyl sites for hydroxylation is 1. The second-order valence-electron chi connectivity index (χ2n) is 6.55. The molecule has 2 aromatic carbocycles. The molecule has 1 unspecified atom stereocenters. The van der Waals surface area contributed by atoms with Crippen LogP contribution in [0.4, 0.5) is 5.69 Å². The standard InChI is InChI=1S/C22H22N2O3/c1-4-26-20-11-16-9-15(3)27-21(16)12-17(20)10-18(13-23)22(25)24-19-7-5-14(2)6-8-19/h5-8,10-12,15H,4,9H2,1-3H3,(H,24,25)/b18-10-. The molecule has 1 amide bonds. The van der Waals surface area contributed by atoms with Gasteiger partial charge in [-0.15, -0.1) is 0 Å². The van der Waals surface area contributed by atoms with Gasteiger partial charge in [0, 0.05) is 23.2 Å². The number of carbonyl (C=O) groups is 1. The van der Waals surface area contributed by atoms with Gasteiger partial charge in [0.2, 0.25) is 0 Å². The van der Waals surface area contributed by atoms with Crippen molar-refractivity contribution in [3.8, 4) is 17.6 Å². The molecule has 0 bridgehead atoms. The molecule has 1 aliphatic rings. The number of nitrogens with zero attached hydrogens (tertiary/aromatic N) is 1. The first-order valence-corrected chi connectivity index (χ1v) is 8.96. The summed E-state index contributed by atoms with van der Waals surface area (Å²) in [7, 11) is 0. The van der Waals surface area contributed by atoms with Gasteiger partial charge in [-0.1, -0.05) is 17.7 Å². The molecule has 0 saturated carbocycles. The summed E-state index contributed by atoms with van der Waals surface area (Å²) in [6, 6.07) is 13.2. The molecule has 1 atom stereocenters. The number of amides is 1. The van der Waals surface area contributed by atoms with E-state index in [4.69, 9.17) is 9.47 Å². The summed E-state index contributed by atoms with van der Waals surface area (Å²) in [5, 5.41) is 12.2. The van der Waals surface area contributed by atoms with E-state index < -0.39 is 5.91 Å². The van der Waals surface area contributed by atoms with E-state index in [9.17, 15) is 10.1 Å². The zero-order valence-corrected chi connectivity index (χ0v) is 15.7. The molecule has 3 rings (SSSR count). The number of rotatable bonds is 5. The van der Waals surface area contributed by atoms with Gasteiger partial charge >= 0.3 is 0 Å². The van der Waals surface area contributed by atoms with Gasteiger partial charge in [0.25, 0.3) is 5.91 Å². The molecule has 27 heavy (non-hydrogen) atoms. The van der Waals surface area contributed by atoms with Gasteiger partial charge in [0.1, 0.15) is 29.2 Å². The third kappa shape index (κ3) is 4.29. The zero-order valence-electron chi connectivity index (χ0n) is 15.7. The second kappa shape index (κ2) is 7.96. The van der Waals surface area contributed by atoms with Crippen LogP contribution in [0.5, 0.6) is 11.5 Å². The van der Waals surface area contributed by atoms with Crippen LogP contribution in [0.1, 0.15) is 30.5 Å². The summed E-state index contributed by atoms with van der Waals surface area (Å²) in [6.45, 7) is 6.37. The SMILES string of the molecule is CCOc1cc2c(cc1/C=C(/C#N)C(=O)Nc1ccc(C)cc1)OC(C)C2. The minimum absolute atomic E-state index is 0.00234. The van der Waals surface area contributed by atoms with Gasteiger partial charge in [-0.2, -0.15) is 5.26 Å². The van der Waals surface area contributed by atoms with Crippen molar-refractivity contribution < 1.29 is 14.3 Å². The number of carbonyl (C=O) groups excluding carboxylic acids is 1. The molecule has 1 heterocycles. The zero-order chi connectivity index (χ0) is 19.4. The van der Waals surface area contributed by atoms with Crippen molar-refractivity contribution in [1.29, 1.82) is 5.26 Å². The van der Waals surface area contributed by atoms with Crippen LogP contribution in [0.15, 0.2) is 42.0 Å². The quantitative estimate of drug-likeness (QED) is 0.637. The van der Waals surface area contributed by atoms with Gasteiger partial charge in [0.05, 0.1) is 6.61 Å². The van der Waals surface area contributed by atoms with Crippen LogP contribution in [0, 0.1) is 18.3 Å². The van der Waals surface area contributed by atoms with Crippen LogP contribution in [-0.2, 0) is 11.2 Å². The fourth-order valence-electron chi connectivity index (χ4n) is 2.99. The Kier molecular flexibility index (Phi) is 5.46. The summed E-state index contributed by atoms with van der Waals surface area (Å²) in [6.07, 6.45) is 2.47. The van der Waals surface area contributed by atoms with Crippen molar-refractivity contribution in [2.75, 3.05) is 11.9 Å². The Morgan fingerprint density at radius 1 is 1.37 bits per heavy atom. The Morgan fingerprint density at radius 3 is 2.78 bits per heavy atom. The van der Waals surface area contributed by atoms with Crippen molar-refractivity contribution in [1.82, 2.24) is 0 Å². The van der Waals surface area contributed by atoms with Crippen molar-refractivity contribution in [3.63, 3.8) is 0 Å². The largest absolute Gasteiger partial charge is 0.493 e. The second-order valence-corrected chi connectivity index (χ2v) is 6.55. The summed E-state index contributed by atoms with van der Waals surface area (Å²) in [5.74, 6) is 0.955. The summed E-state index contributed by atoms with van der Waals surface area (Å²) in [4.78, 5) is 12.5. The molecular weight excluding hydrogens is 340 g/mol. The minimum Gasteiger partial charge on any atom is -0.493 e. The van der Waals surface area contributed by atoms with Crippen molar-refractivity contribution >= 4 is 17.7 Å². The molecule has 0 fully saturated rings. The Labute approximate surface area is 159 Å². The number of nitrogens with one attached hydrogen (secondary N) is 1. The fourth-order valence-corrected chi connectivity index (χ4v) is 2.99. The monoisotopic (exact) mass is 362 g/mol. The number of fused-ring (bicyclic) bond motifs is 1. The third-order valence-electron chi connectivity index (χ3n) is 4.30. The number of hydrogen-bond donors (Lipinski definition) is 1. The van der Waals surface area contributed by atoms with Crippen LogP contribution in [-0.4, -0.2) is 18.6 Å². The lowest BCUT2D eigenvalue weighted by atomic mass is 10.0. The van der Waals surface area contributed by atoms with E-state index in [0.29, 0.717) is 23.6 Å². The lowest BCUT2D eigenvalue weighted by Gasteiger charge is -2.11. The summed E-state index contributed by atoms with van der Waals surface area (Å²) >= 11 is 0. The van der Waals surface area contributed by atoms with E-state index in [1.165, 1.54) is 0 Å². The molecular formula is C22H22N2O3. The number of benzene rings is 2. The van der Waals surface area contributed by atoms with Crippen LogP contribution in [0.25, 0.3) is 6.08 Å². The molecule has 0 saturated heterocycles. The van der Waals surface area contributed by atoms with Crippen LogP contribution in [0.2, 0.25) is 0 Å². The maximum atomic E-state index is 12.5. The van der Waals surface area contributed by atoms with E-state index in [0.717, 1.165) is 23.3 Å². The first-order chi connectivity index (χ1) is 13.0. The van der Waals surface area contributed by atoms with Crippen molar-refractivity contribution in [2.24, 2.45) is 0 Å². The lowest BCUT2D eigenvalue weighted by molar-refractivity contribution is -0.112. The maximum absolute atomic E-state index is 12.5. The molecule has 2 aromatic rings. The highest BCUT2D eigenvalue weighted by molar-refractivity contribution is 6.09. The first kappa shape index (κ1) is 18.5. The Hall–Kier alpha value is -3.26. The highest BCUT2D eigenvalue weighted by atomic mass is 16.5. The van der Waals surface area contributed by atoms with Gasteiger partial charge in [-0.25, -0.2) is 0 Å². The lowest BCUT2D eigenvalue weighted by Crippen LogP contribution is -2.13. The Bertz CT molecular complexity index is 924. The minimum atomic E-state index is -0.460. The molecule has 5 heteroatoms. The third-order valence-corrected chi connectivity index (χ3v) is 4.30. The molecule has 138 valence electrons. The van der Waals surface area contributed by atoms with Crippen LogP contribution < -0.4 is 14.8 Å². The molecule has 1 N–H and O–H groups in total. The number of nitriles is 1. The van der Waals surface area contributed by atoms with Crippen LogP contribution >= 0.6 is 0 Å². The molecule has 0 spiro atoms. The van der Waals surface area contributed by atoms with Gasteiger partial charge in [0.15, 0.2) is 0 Å². The molecule has 0 aliphatic carbocycles. The first-order valence-electron chi connectivity index (χ1n) is 8.96. The molecule has 5 nitrogen and oxygen atoms in total. The smallest absolute Gasteiger partial charge is 0.266 e. The molecule has 0 aromatic heterocycles.